The molecule has 114 valence electrons. The van der Waals surface area contributed by atoms with Crippen molar-refractivity contribution in [2.75, 3.05) is 32.1 Å². The molecule has 1 aromatic rings. The molecule has 2 rings (SSSR count). The monoisotopic (exact) mass is 312 g/mol. The Balaban J connectivity index is 2.06. The number of halogens is 1. The van der Waals surface area contributed by atoms with Crippen molar-refractivity contribution in [2.45, 2.75) is 13.0 Å². The molecule has 0 aliphatic carbocycles. The minimum Gasteiger partial charge on any atom is -0.495 e. The third kappa shape index (κ3) is 3.86. The van der Waals surface area contributed by atoms with Gasteiger partial charge in [0.05, 0.1) is 25.9 Å². The number of piperazine rings is 1. The lowest BCUT2D eigenvalue weighted by Gasteiger charge is -2.28. The van der Waals surface area contributed by atoms with Crippen LogP contribution in [0.4, 0.5) is 5.69 Å². The molecule has 0 saturated carbocycles. The number of amides is 2. The Hall–Kier alpha value is -1.79. The molecule has 6 nitrogen and oxygen atoms in total. The summed E-state index contributed by atoms with van der Waals surface area (Å²) in [5.74, 6) is 0.350. The summed E-state index contributed by atoms with van der Waals surface area (Å²) in [7, 11) is 1.53. The summed E-state index contributed by atoms with van der Waals surface area (Å²) in [5, 5.41) is 6.08. The van der Waals surface area contributed by atoms with Crippen LogP contribution in [0.1, 0.15) is 6.92 Å². The van der Waals surface area contributed by atoms with Crippen LogP contribution in [0.15, 0.2) is 18.2 Å². The Morgan fingerprint density at radius 1 is 1.52 bits per heavy atom. The number of hydrogen-bond donors (Lipinski definition) is 3. The molecule has 0 bridgehead atoms. The van der Waals surface area contributed by atoms with Crippen LogP contribution in [-0.2, 0) is 9.59 Å². The fraction of sp³-hybridized carbons (Fsp3) is 0.429. The SMILES string of the molecule is COc1ccc(Cl)cc1NC(=O)[C@H](C)[NH+]1CCNC(=O)C1. The largest absolute Gasteiger partial charge is 0.495 e. The molecule has 0 spiro atoms. The molecular formula is C14H19ClN3O3+. The highest BCUT2D eigenvalue weighted by molar-refractivity contribution is 6.31. The number of benzene rings is 1. The van der Waals surface area contributed by atoms with Crippen molar-refractivity contribution < 1.29 is 19.2 Å². The number of rotatable bonds is 4. The summed E-state index contributed by atoms with van der Waals surface area (Å²) < 4.78 is 5.20. The summed E-state index contributed by atoms with van der Waals surface area (Å²) in [4.78, 5) is 24.7. The van der Waals surface area contributed by atoms with Crippen molar-refractivity contribution >= 4 is 29.1 Å². The number of methoxy groups -OCH3 is 1. The lowest BCUT2D eigenvalue weighted by Crippen LogP contribution is -3.19. The minimum absolute atomic E-state index is 0.0313. The number of ether oxygens (including phenoxy) is 1. The molecule has 2 amide bonds. The van der Waals surface area contributed by atoms with Gasteiger partial charge in [-0.15, -0.1) is 0 Å². The topological polar surface area (TPSA) is 71.9 Å². The van der Waals surface area contributed by atoms with Gasteiger partial charge in [-0.3, -0.25) is 9.59 Å². The summed E-state index contributed by atoms with van der Waals surface area (Å²) in [6.45, 7) is 3.43. The lowest BCUT2D eigenvalue weighted by atomic mass is 10.2. The minimum atomic E-state index is -0.334. The van der Waals surface area contributed by atoms with Crippen LogP contribution in [0.3, 0.4) is 0 Å². The zero-order valence-electron chi connectivity index (χ0n) is 12.0. The van der Waals surface area contributed by atoms with Crippen molar-refractivity contribution in [3.8, 4) is 5.75 Å². The maximum Gasteiger partial charge on any atom is 0.282 e. The highest BCUT2D eigenvalue weighted by Gasteiger charge is 2.30. The first kappa shape index (κ1) is 15.6. The standard InChI is InChI=1S/C14H18ClN3O3/c1-9(18-6-5-16-13(19)8-18)14(20)17-11-7-10(15)3-4-12(11)21-2/h3-4,7,9H,5-6,8H2,1-2H3,(H,16,19)(H,17,20)/p+1/t9-/m0/s1. The number of carbonyl (C=O) groups is 2. The van der Waals surface area contributed by atoms with Crippen LogP contribution in [0, 0.1) is 0 Å². The normalized spacial score (nSPS) is 19.6. The molecule has 1 aliphatic rings. The summed E-state index contributed by atoms with van der Waals surface area (Å²) in [6.07, 6.45) is 0. The molecule has 1 unspecified atom stereocenters. The molecule has 2 atom stereocenters. The van der Waals surface area contributed by atoms with Crippen LogP contribution in [0.2, 0.25) is 5.02 Å². The first-order valence-electron chi connectivity index (χ1n) is 6.77. The van der Waals surface area contributed by atoms with Gasteiger partial charge in [0.2, 0.25) is 0 Å². The van der Waals surface area contributed by atoms with Gasteiger partial charge in [-0.2, -0.15) is 0 Å². The van der Waals surface area contributed by atoms with Gasteiger partial charge in [0.1, 0.15) is 5.75 Å². The van der Waals surface area contributed by atoms with Crippen molar-refractivity contribution in [1.29, 1.82) is 0 Å². The van der Waals surface area contributed by atoms with Gasteiger partial charge in [0.15, 0.2) is 12.6 Å². The van der Waals surface area contributed by atoms with Gasteiger partial charge < -0.3 is 20.3 Å². The third-order valence-corrected chi connectivity index (χ3v) is 3.82. The maximum atomic E-state index is 12.3. The van der Waals surface area contributed by atoms with Crippen LogP contribution in [-0.4, -0.2) is 44.6 Å². The van der Waals surface area contributed by atoms with Crippen molar-refractivity contribution in [2.24, 2.45) is 0 Å². The fourth-order valence-corrected chi connectivity index (χ4v) is 2.47. The van der Waals surface area contributed by atoms with E-state index in [0.717, 1.165) is 11.4 Å². The van der Waals surface area contributed by atoms with E-state index in [0.29, 0.717) is 29.5 Å². The highest BCUT2D eigenvalue weighted by atomic mass is 35.5. The Bertz CT molecular complexity index is 550. The highest BCUT2D eigenvalue weighted by Crippen LogP contribution is 2.27. The van der Waals surface area contributed by atoms with Crippen LogP contribution in [0.25, 0.3) is 0 Å². The van der Waals surface area contributed by atoms with E-state index in [1.54, 1.807) is 25.1 Å². The zero-order valence-corrected chi connectivity index (χ0v) is 12.8. The first-order valence-corrected chi connectivity index (χ1v) is 7.14. The second kappa shape index (κ2) is 6.78. The van der Waals surface area contributed by atoms with Crippen molar-refractivity contribution in [3.05, 3.63) is 23.2 Å². The Kier molecular flexibility index (Phi) is 5.03. The number of hydrogen-bond acceptors (Lipinski definition) is 3. The molecule has 21 heavy (non-hydrogen) atoms. The maximum absolute atomic E-state index is 12.3. The van der Waals surface area contributed by atoms with E-state index in [1.165, 1.54) is 7.11 Å². The average Bonchev–Trinajstić information content (AvgIpc) is 2.46. The average molecular weight is 313 g/mol. The zero-order chi connectivity index (χ0) is 15.4. The Morgan fingerprint density at radius 2 is 2.29 bits per heavy atom. The van der Waals surface area contributed by atoms with E-state index in [2.05, 4.69) is 10.6 Å². The van der Waals surface area contributed by atoms with Crippen molar-refractivity contribution in [3.63, 3.8) is 0 Å². The summed E-state index contributed by atoms with van der Waals surface area (Å²) in [6, 6.07) is 4.70. The van der Waals surface area contributed by atoms with E-state index in [4.69, 9.17) is 16.3 Å². The van der Waals surface area contributed by atoms with E-state index >= 15 is 0 Å². The first-order chi connectivity index (χ1) is 10.0. The Morgan fingerprint density at radius 3 is 2.95 bits per heavy atom. The van der Waals surface area contributed by atoms with E-state index in [1.807, 2.05) is 0 Å². The van der Waals surface area contributed by atoms with Gasteiger partial charge in [-0.1, -0.05) is 11.6 Å². The molecule has 7 heteroatoms. The lowest BCUT2D eigenvalue weighted by molar-refractivity contribution is -0.907. The van der Waals surface area contributed by atoms with Gasteiger partial charge in [0.25, 0.3) is 11.8 Å². The summed E-state index contributed by atoms with van der Waals surface area (Å²) in [5.41, 5.74) is 0.530. The van der Waals surface area contributed by atoms with Crippen LogP contribution >= 0.6 is 11.6 Å². The predicted molar refractivity (Wildman–Crippen MR) is 79.8 cm³/mol. The van der Waals surface area contributed by atoms with Gasteiger partial charge >= 0.3 is 0 Å². The van der Waals surface area contributed by atoms with E-state index < -0.39 is 0 Å². The second-order valence-corrected chi connectivity index (χ2v) is 5.43. The molecule has 0 aromatic heterocycles. The number of carbonyl (C=O) groups excluding carboxylic acids is 2. The fourth-order valence-electron chi connectivity index (χ4n) is 2.29. The molecule has 1 aromatic carbocycles. The second-order valence-electron chi connectivity index (χ2n) is 4.99. The van der Waals surface area contributed by atoms with E-state index in [9.17, 15) is 9.59 Å². The third-order valence-electron chi connectivity index (χ3n) is 3.58. The van der Waals surface area contributed by atoms with Crippen LogP contribution in [0.5, 0.6) is 5.75 Å². The van der Waals surface area contributed by atoms with Gasteiger partial charge in [0, 0.05) is 5.02 Å². The number of quaternary nitrogens is 1. The molecule has 1 heterocycles. The molecule has 1 saturated heterocycles. The number of anilines is 1. The molecule has 1 fully saturated rings. The quantitative estimate of drug-likeness (QED) is 0.714. The smallest absolute Gasteiger partial charge is 0.282 e. The van der Waals surface area contributed by atoms with E-state index in [-0.39, 0.29) is 17.9 Å². The summed E-state index contributed by atoms with van der Waals surface area (Å²) >= 11 is 5.94. The van der Waals surface area contributed by atoms with Crippen molar-refractivity contribution in [1.82, 2.24) is 5.32 Å². The molecule has 0 radical (unpaired) electrons. The molecular weight excluding hydrogens is 294 g/mol. The van der Waals surface area contributed by atoms with Gasteiger partial charge in [-0.25, -0.2) is 0 Å². The van der Waals surface area contributed by atoms with Gasteiger partial charge in [-0.05, 0) is 25.1 Å². The molecule has 1 aliphatic heterocycles. The predicted octanol–water partition coefficient (Wildman–Crippen LogP) is -0.310. The number of nitrogens with one attached hydrogen (secondary N) is 3. The Labute approximate surface area is 128 Å². The molecule has 3 N–H and O–H groups in total. The van der Waals surface area contributed by atoms with Crippen LogP contribution < -0.4 is 20.3 Å².